The van der Waals surface area contributed by atoms with Gasteiger partial charge < -0.3 is 0 Å². The van der Waals surface area contributed by atoms with Gasteiger partial charge in [0.05, 0.1) is 0 Å². The molecule has 0 saturated heterocycles. The fraction of sp³-hybridized carbons (Fsp3) is 0.600. The van der Waals surface area contributed by atoms with E-state index in [0.29, 0.717) is 5.41 Å². The maximum Gasteiger partial charge on any atom is -0.00611 e. The molecule has 0 heteroatoms. The fourth-order valence-electron chi connectivity index (χ4n) is 3.63. The quantitative estimate of drug-likeness (QED) is 0.333. The van der Waals surface area contributed by atoms with Gasteiger partial charge in [-0.05, 0) is 106 Å². The van der Waals surface area contributed by atoms with Gasteiger partial charge in [-0.3, -0.25) is 0 Å². The Kier molecular flexibility index (Phi) is 7.72. The summed E-state index contributed by atoms with van der Waals surface area (Å²) < 4.78 is 0. The van der Waals surface area contributed by atoms with Crippen LogP contribution in [0.1, 0.15) is 86.3 Å². The summed E-state index contributed by atoms with van der Waals surface area (Å²) in [6.45, 7) is 26.9. The molecule has 140 valence electrons. The minimum atomic E-state index is 0.446. The van der Waals surface area contributed by atoms with E-state index in [1.807, 2.05) is 0 Å². The first-order valence-corrected chi connectivity index (χ1v) is 9.83. The maximum absolute atomic E-state index is 4.36. The molecule has 0 fully saturated rings. The van der Waals surface area contributed by atoms with Crippen LogP contribution >= 0.6 is 0 Å². The highest BCUT2D eigenvalue weighted by molar-refractivity contribution is 5.50. The minimum absolute atomic E-state index is 0.446. The second kappa shape index (κ2) is 8.88. The molecule has 25 heavy (non-hydrogen) atoms. The Morgan fingerprint density at radius 2 is 1.20 bits per heavy atom. The molecule has 0 nitrogen and oxygen atoms in total. The van der Waals surface area contributed by atoms with Crippen molar-refractivity contribution in [3.63, 3.8) is 0 Å². The molecule has 0 aromatic heterocycles. The summed E-state index contributed by atoms with van der Waals surface area (Å²) in [6.07, 6.45) is 6.94. The van der Waals surface area contributed by atoms with Crippen LogP contribution in [0.2, 0.25) is 0 Å². The smallest absolute Gasteiger partial charge is 0.00611 e. The van der Waals surface area contributed by atoms with E-state index in [0.717, 1.165) is 19.3 Å². The van der Waals surface area contributed by atoms with Gasteiger partial charge in [-0.25, -0.2) is 0 Å². The minimum Gasteiger partial charge on any atom is -0.0995 e. The lowest BCUT2D eigenvalue weighted by Crippen LogP contribution is -2.05. The van der Waals surface area contributed by atoms with E-state index in [1.165, 1.54) is 63.8 Å². The van der Waals surface area contributed by atoms with Gasteiger partial charge in [0.1, 0.15) is 0 Å². The molecule has 0 amide bonds. The Hall–Kier alpha value is -1.30. The lowest BCUT2D eigenvalue weighted by molar-refractivity contribution is 0.360. The topological polar surface area (TPSA) is 0 Å². The van der Waals surface area contributed by atoms with Gasteiger partial charge in [-0.2, -0.15) is 0 Å². The zero-order chi connectivity index (χ0) is 19.4. The van der Waals surface area contributed by atoms with E-state index < -0.39 is 0 Å². The molecule has 1 aromatic carbocycles. The van der Waals surface area contributed by atoms with Crippen LogP contribution in [0.3, 0.4) is 0 Å². The third kappa shape index (κ3) is 6.49. The number of unbranched alkanes of at least 4 members (excludes halogenated alkanes) is 1. The Morgan fingerprint density at radius 1 is 0.720 bits per heavy atom. The van der Waals surface area contributed by atoms with Crippen molar-refractivity contribution in [2.24, 2.45) is 5.41 Å². The van der Waals surface area contributed by atoms with Crippen molar-refractivity contribution in [1.29, 1.82) is 0 Å². The van der Waals surface area contributed by atoms with Crippen molar-refractivity contribution in [2.75, 3.05) is 0 Å². The highest BCUT2D eigenvalue weighted by Gasteiger charge is 2.13. The molecule has 0 aliphatic rings. The maximum atomic E-state index is 4.36. The standard InChI is InChI=1S/C25H40/c1-17(13-11-12-14-25(8,9)10)15-18(2)16-24-22(6)20(4)19(3)21(5)23(24)7/h1-2,11-16H2,3-10H3. The molecule has 0 heterocycles. The fourth-order valence-corrected chi connectivity index (χ4v) is 3.63. The molecule has 0 N–H and O–H groups in total. The van der Waals surface area contributed by atoms with E-state index in [9.17, 15) is 0 Å². The van der Waals surface area contributed by atoms with Crippen LogP contribution in [0.15, 0.2) is 24.3 Å². The zero-order valence-corrected chi connectivity index (χ0v) is 18.2. The van der Waals surface area contributed by atoms with Crippen LogP contribution < -0.4 is 0 Å². The summed E-state index contributed by atoms with van der Waals surface area (Å²) in [5.74, 6) is 0. The van der Waals surface area contributed by atoms with Gasteiger partial charge in [-0.1, -0.05) is 51.5 Å². The summed E-state index contributed by atoms with van der Waals surface area (Å²) in [4.78, 5) is 0. The van der Waals surface area contributed by atoms with Crippen LogP contribution in [-0.4, -0.2) is 0 Å². The molecule has 1 rings (SSSR count). The number of hydrogen-bond donors (Lipinski definition) is 0. The monoisotopic (exact) mass is 340 g/mol. The van der Waals surface area contributed by atoms with Crippen LogP contribution in [-0.2, 0) is 6.42 Å². The van der Waals surface area contributed by atoms with Crippen LogP contribution in [0.4, 0.5) is 0 Å². The SMILES string of the molecule is C=C(CCCCC(C)(C)C)CC(=C)Cc1c(C)c(C)c(C)c(C)c1C. The predicted octanol–water partition coefficient (Wildman–Crippen LogP) is 7.88. The van der Waals surface area contributed by atoms with Gasteiger partial charge in [0.25, 0.3) is 0 Å². The molecule has 0 radical (unpaired) electrons. The number of allylic oxidation sites excluding steroid dienone is 2. The molecular formula is C25H40. The van der Waals surface area contributed by atoms with Gasteiger partial charge in [-0.15, -0.1) is 0 Å². The Bertz CT molecular complexity index is 606. The number of benzene rings is 1. The summed E-state index contributed by atoms with van der Waals surface area (Å²) >= 11 is 0. The highest BCUT2D eigenvalue weighted by atomic mass is 14.2. The number of rotatable bonds is 8. The average Bonchev–Trinajstić information content (AvgIpc) is 2.51. The van der Waals surface area contributed by atoms with Crippen molar-refractivity contribution < 1.29 is 0 Å². The average molecular weight is 341 g/mol. The largest absolute Gasteiger partial charge is 0.0995 e. The first kappa shape index (κ1) is 21.7. The van der Waals surface area contributed by atoms with Crippen molar-refractivity contribution in [2.45, 2.75) is 93.9 Å². The summed E-state index contributed by atoms with van der Waals surface area (Å²) in [5, 5.41) is 0. The second-order valence-corrected chi connectivity index (χ2v) is 9.22. The number of hydrogen-bond acceptors (Lipinski definition) is 0. The zero-order valence-electron chi connectivity index (χ0n) is 18.2. The van der Waals surface area contributed by atoms with Gasteiger partial charge in [0.2, 0.25) is 0 Å². The first-order valence-electron chi connectivity index (χ1n) is 9.83. The lowest BCUT2D eigenvalue weighted by atomic mass is 9.85. The normalized spacial score (nSPS) is 11.7. The molecule has 1 aromatic rings. The lowest BCUT2D eigenvalue weighted by Gasteiger charge is -2.20. The van der Waals surface area contributed by atoms with Crippen LogP contribution in [0.5, 0.6) is 0 Å². The highest BCUT2D eigenvalue weighted by Crippen LogP contribution is 2.29. The van der Waals surface area contributed by atoms with Crippen molar-refractivity contribution >= 4 is 0 Å². The molecule has 0 spiro atoms. The molecule has 0 saturated carbocycles. The summed E-state index contributed by atoms with van der Waals surface area (Å²) in [5.41, 5.74) is 11.8. The second-order valence-electron chi connectivity index (χ2n) is 9.22. The van der Waals surface area contributed by atoms with Crippen molar-refractivity contribution in [1.82, 2.24) is 0 Å². The Morgan fingerprint density at radius 3 is 1.68 bits per heavy atom. The van der Waals surface area contributed by atoms with Gasteiger partial charge >= 0.3 is 0 Å². The van der Waals surface area contributed by atoms with Crippen LogP contribution in [0.25, 0.3) is 0 Å². The molecule has 0 aliphatic heterocycles. The van der Waals surface area contributed by atoms with E-state index in [4.69, 9.17) is 0 Å². The molecule has 0 aliphatic carbocycles. The van der Waals surface area contributed by atoms with E-state index in [-0.39, 0.29) is 0 Å². The molecule has 0 bridgehead atoms. The van der Waals surface area contributed by atoms with E-state index in [2.05, 4.69) is 68.5 Å². The van der Waals surface area contributed by atoms with Crippen molar-refractivity contribution in [3.05, 3.63) is 57.7 Å². The predicted molar refractivity (Wildman–Crippen MR) is 115 cm³/mol. The Balaban J connectivity index is 2.62. The molecule has 0 atom stereocenters. The van der Waals surface area contributed by atoms with Crippen molar-refractivity contribution in [3.8, 4) is 0 Å². The molecular weight excluding hydrogens is 300 g/mol. The van der Waals surface area contributed by atoms with E-state index in [1.54, 1.807) is 0 Å². The van der Waals surface area contributed by atoms with E-state index >= 15 is 0 Å². The summed E-state index contributed by atoms with van der Waals surface area (Å²) in [6, 6.07) is 0. The molecule has 0 unspecified atom stereocenters. The van der Waals surface area contributed by atoms with Gasteiger partial charge in [0, 0.05) is 0 Å². The summed E-state index contributed by atoms with van der Waals surface area (Å²) in [7, 11) is 0. The van der Waals surface area contributed by atoms with Gasteiger partial charge in [0.15, 0.2) is 0 Å². The third-order valence-electron chi connectivity index (χ3n) is 5.79. The third-order valence-corrected chi connectivity index (χ3v) is 5.79. The van der Waals surface area contributed by atoms with Crippen LogP contribution in [0, 0.1) is 40.0 Å². The first-order chi connectivity index (χ1) is 11.4. The Labute approximate surface area is 157 Å².